The van der Waals surface area contributed by atoms with Gasteiger partial charge in [-0.25, -0.2) is 0 Å². The molecule has 2 aromatic rings. The molecule has 0 bridgehead atoms. The van der Waals surface area contributed by atoms with Crippen molar-refractivity contribution in [2.45, 2.75) is 27.3 Å². The average molecular weight is 275 g/mol. The molecule has 0 radical (unpaired) electrons. The van der Waals surface area contributed by atoms with Gasteiger partial charge in [0.2, 0.25) is 5.95 Å². The molecule has 0 aliphatic carbocycles. The maximum absolute atomic E-state index is 11.0. The van der Waals surface area contributed by atoms with E-state index in [1.54, 1.807) is 19.1 Å². The molecule has 1 heterocycles. The van der Waals surface area contributed by atoms with Crippen LogP contribution >= 0.6 is 0 Å². The zero-order valence-corrected chi connectivity index (χ0v) is 11.8. The van der Waals surface area contributed by atoms with E-state index < -0.39 is 0 Å². The number of aryl methyl sites for hydroxylation is 1. The molecule has 1 N–H and O–H groups in total. The van der Waals surface area contributed by atoms with Crippen molar-refractivity contribution in [3.8, 4) is 11.4 Å². The summed E-state index contributed by atoms with van der Waals surface area (Å²) in [6.07, 6.45) is 0. The molecular weight excluding hydrogens is 258 g/mol. The molecule has 0 atom stereocenters. The maximum Gasteiger partial charge on any atom is 0.273 e. The van der Waals surface area contributed by atoms with Gasteiger partial charge in [0, 0.05) is 30.3 Å². The van der Waals surface area contributed by atoms with E-state index in [1.165, 1.54) is 0 Å². The van der Waals surface area contributed by atoms with Gasteiger partial charge in [-0.15, -0.1) is 10.2 Å². The molecular formula is C13H17N5O2. The fraction of sp³-hybridized carbons (Fsp3) is 0.385. The number of hydrogen-bond donors (Lipinski definition) is 1. The summed E-state index contributed by atoms with van der Waals surface area (Å²) in [6, 6.07) is 5.10. The van der Waals surface area contributed by atoms with Crippen molar-refractivity contribution in [2.24, 2.45) is 0 Å². The van der Waals surface area contributed by atoms with Crippen LogP contribution in [0.2, 0.25) is 0 Å². The van der Waals surface area contributed by atoms with Gasteiger partial charge in [-0.1, -0.05) is 12.1 Å². The summed E-state index contributed by atoms with van der Waals surface area (Å²) >= 11 is 0. The van der Waals surface area contributed by atoms with Crippen LogP contribution in [0.4, 0.5) is 11.6 Å². The van der Waals surface area contributed by atoms with Crippen molar-refractivity contribution in [3.63, 3.8) is 0 Å². The number of nitrogens with one attached hydrogen (secondary N) is 1. The Bertz CT molecular complexity index is 636. The summed E-state index contributed by atoms with van der Waals surface area (Å²) in [4.78, 5) is 10.6. The number of nitrogens with zero attached hydrogens (tertiary/aromatic N) is 4. The summed E-state index contributed by atoms with van der Waals surface area (Å²) in [6.45, 7) is 7.11. The van der Waals surface area contributed by atoms with Crippen LogP contribution in [0.5, 0.6) is 0 Å². The van der Waals surface area contributed by atoms with Gasteiger partial charge in [-0.2, -0.15) is 0 Å². The highest BCUT2D eigenvalue weighted by molar-refractivity contribution is 5.62. The van der Waals surface area contributed by atoms with Gasteiger partial charge in [0.25, 0.3) is 5.69 Å². The summed E-state index contributed by atoms with van der Waals surface area (Å²) in [5, 5.41) is 22.4. The van der Waals surface area contributed by atoms with Crippen LogP contribution in [-0.2, 0) is 6.54 Å². The first-order valence-corrected chi connectivity index (χ1v) is 6.51. The molecule has 2 rings (SSSR count). The Morgan fingerprint density at radius 3 is 2.70 bits per heavy atom. The molecule has 0 aliphatic rings. The third-order valence-electron chi connectivity index (χ3n) is 3.07. The first-order valence-electron chi connectivity index (χ1n) is 6.51. The Labute approximate surface area is 116 Å². The SMILES string of the molecule is CCNc1nnc(-c2ccc(C)c([N+](=O)[O-])c2)n1CC. The van der Waals surface area contributed by atoms with Gasteiger partial charge >= 0.3 is 0 Å². The number of aromatic nitrogens is 3. The second-order valence-corrected chi connectivity index (χ2v) is 4.38. The van der Waals surface area contributed by atoms with Crippen LogP contribution in [0.1, 0.15) is 19.4 Å². The van der Waals surface area contributed by atoms with Crippen LogP contribution < -0.4 is 5.32 Å². The zero-order valence-electron chi connectivity index (χ0n) is 11.8. The van der Waals surface area contributed by atoms with E-state index in [4.69, 9.17) is 0 Å². The summed E-state index contributed by atoms with van der Waals surface area (Å²) in [5.74, 6) is 1.31. The third-order valence-corrected chi connectivity index (χ3v) is 3.07. The highest BCUT2D eigenvalue weighted by Crippen LogP contribution is 2.27. The predicted molar refractivity (Wildman–Crippen MR) is 76.7 cm³/mol. The van der Waals surface area contributed by atoms with Gasteiger partial charge in [0.1, 0.15) is 0 Å². The van der Waals surface area contributed by atoms with E-state index in [1.807, 2.05) is 24.5 Å². The van der Waals surface area contributed by atoms with E-state index in [2.05, 4.69) is 15.5 Å². The largest absolute Gasteiger partial charge is 0.355 e. The molecule has 1 aromatic heterocycles. The lowest BCUT2D eigenvalue weighted by Gasteiger charge is -2.08. The van der Waals surface area contributed by atoms with Crippen LogP contribution in [-0.4, -0.2) is 26.2 Å². The van der Waals surface area contributed by atoms with Gasteiger partial charge in [-0.3, -0.25) is 14.7 Å². The summed E-state index contributed by atoms with van der Waals surface area (Å²) in [5.41, 5.74) is 1.42. The molecule has 106 valence electrons. The molecule has 0 saturated heterocycles. The van der Waals surface area contributed by atoms with E-state index in [9.17, 15) is 10.1 Å². The molecule has 0 spiro atoms. The van der Waals surface area contributed by atoms with Crippen LogP contribution in [0.25, 0.3) is 11.4 Å². The van der Waals surface area contributed by atoms with Crippen LogP contribution in [0, 0.1) is 17.0 Å². The fourth-order valence-corrected chi connectivity index (χ4v) is 2.05. The van der Waals surface area contributed by atoms with Crippen molar-refractivity contribution in [1.82, 2.24) is 14.8 Å². The highest BCUT2D eigenvalue weighted by Gasteiger charge is 2.16. The lowest BCUT2D eigenvalue weighted by atomic mass is 10.1. The lowest BCUT2D eigenvalue weighted by Crippen LogP contribution is -2.07. The number of nitro benzene ring substituents is 1. The first kappa shape index (κ1) is 14.0. The molecule has 1 aromatic carbocycles. The van der Waals surface area contributed by atoms with E-state index in [0.29, 0.717) is 29.4 Å². The lowest BCUT2D eigenvalue weighted by molar-refractivity contribution is -0.385. The number of hydrogen-bond acceptors (Lipinski definition) is 5. The Morgan fingerprint density at radius 2 is 2.10 bits per heavy atom. The monoisotopic (exact) mass is 275 g/mol. The van der Waals surface area contributed by atoms with Crippen molar-refractivity contribution in [2.75, 3.05) is 11.9 Å². The Kier molecular flexibility index (Phi) is 3.97. The highest BCUT2D eigenvalue weighted by atomic mass is 16.6. The van der Waals surface area contributed by atoms with Gasteiger partial charge in [-0.05, 0) is 20.8 Å². The normalized spacial score (nSPS) is 10.6. The first-order chi connectivity index (χ1) is 9.58. The van der Waals surface area contributed by atoms with Crippen LogP contribution in [0.15, 0.2) is 18.2 Å². The second-order valence-electron chi connectivity index (χ2n) is 4.38. The molecule has 7 nitrogen and oxygen atoms in total. The van der Waals surface area contributed by atoms with E-state index in [0.717, 1.165) is 6.54 Å². The molecule has 0 unspecified atom stereocenters. The minimum atomic E-state index is -0.378. The topological polar surface area (TPSA) is 85.9 Å². The Hall–Kier alpha value is -2.44. The number of benzene rings is 1. The third kappa shape index (κ3) is 2.47. The standard InChI is InChI=1S/C13H17N5O2/c1-4-14-13-16-15-12(17(13)5-2)10-7-6-9(3)11(8-10)18(19)20/h6-8H,4-5H2,1-3H3,(H,14,16). The van der Waals surface area contributed by atoms with Crippen molar-refractivity contribution in [3.05, 3.63) is 33.9 Å². The number of anilines is 1. The number of rotatable bonds is 5. The van der Waals surface area contributed by atoms with E-state index in [-0.39, 0.29) is 10.6 Å². The maximum atomic E-state index is 11.0. The minimum Gasteiger partial charge on any atom is -0.355 e. The predicted octanol–water partition coefficient (Wildman–Crippen LogP) is 2.61. The van der Waals surface area contributed by atoms with Gasteiger partial charge in [0.15, 0.2) is 5.82 Å². The number of nitro groups is 1. The fourth-order valence-electron chi connectivity index (χ4n) is 2.05. The molecule has 0 amide bonds. The Morgan fingerprint density at radius 1 is 1.35 bits per heavy atom. The van der Waals surface area contributed by atoms with Crippen molar-refractivity contribution >= 4 is 11.6 Å². The molecule has 20 heavy (non-hydrogen) atoms. The van der Waals surface area contributed by atoms with Crippen LogP contribution in [0.3, 0.4) is 0 Å². The van der Waals surface area contributed by atoms with Crippen molar-refractivity contribution < 1.29 is 4.92 Å². The van der Waals surface area contributed by atoms with Gasteiger partial charge < -0.3 is 5.32 Å². The summed E-state index contributed by atoms with van der Waals surface area (Å²) < 4.78 is 1.90. The summed E-state index contributed by atoms with van der Waals surface area (Å²) in [7, 11) is 0. The minimum absolute atomic E-state index is 0.0955. The zero-order chi connectivity index (χ0) is 14.7. The molecule has 7 heteroatoms. The quantitative estimate of drug-likeness (QED) is 0.669. The molecule has 0 saturated carbocycles. The van der Waals surface area contributed by atoms with Gasteiger partial charge in [0.05, 0.1) is 4.92 Å². The molecule has 0 fully saturated rings. The average Bonchev–Trinajstić information content (AvgIpc) is 2.82. The molecule has 0 aliphatic heterocycles. The smallest absolute Gasteiger partial charge is 0.273 e. The second kappa shape index (κ2) is 5.68. The Balaban J connectivity index is 2.51. The van der Waals surface area contributed by atoms with Crippen molar-refractivity contribution in [1.29, 1.82) is 0 Å². The van der Waals surface area contributed by atoms with E-state index >= 15 is 0 Å².